The lowest BCUT2D eigenvalue weighted by molar-refractivity contribution is 0.102. The van der Waals surface area contributed by atoms with E-state index in [2.05, 4.69) is 12.2 Å². The van der Waals surface area contributed by atoms with Gasteiger partial charge in [0.05, 0.1) is 4.90 Å². The normalized spacial score (nSPS) is 11.3. The summed E-state index contributed by atoms with van der Waals surface area (Å²) in [5.41, 5.74) is 2.57. The van der Waals surface area contributed by atoms with Crippen molar-refractivity contribution in [2.45, 2.75) is 38.0 Å². The molecule has 0 aliphatic rings. The number of carbonyl (C=O) groups excluding carboxylic acids is 1. The fraction of sp³-hybridized carbons (Fsp3) is 0.278. The fourth-order valence-corrected chi connectivity index (χ4v) is 3.13. The van der Waals surface area contributed by atoms with Crippen molar-refractivity contribution in [1.82, 2.24) is 0 Å². The van der Waals surface area contributed by atoms with Gasteiger partial charge >= 0.3 is 0 Å². The van der Waals surface area contributed by atoms with Crippen LogP contribution in [0.5, 0.6) is 0 Å². The third-order valence-corrected chi connectivity index (χ3v) is 4.76. The topological polar surface area (TPSA) is 83.5 Å². The molecule has 0 saturated heterocycles. The summed E-state index contributed by atoms with van der Waals surface area (Å²) in [5.74, 6) is -0.268. The highest BCUT2D eigenvalue weighted by Gasteiger charge is 2.14. The van der Waals surface area contributed by atoms with Gasteiger partial charge in [0.1, 0.15) is 0 Å². The molecule has 5 nitrogen and oxygen atoms in total. The highest BCUT2D eigenvalue weighted by atomic mass is 32.2. The van der Waals surface area contributed by atoms with E-state index in [-0.39, 0.29) is 10.8 Å². The molecule has 0 fully saturated rings. The molecule has 0 aliphatic carbocycles. The molecule has 0 bridgehead atoms. The number of anilines is 1. The van der Waals surface area contributed by atoms with Crippen molar-refractivity contribution in [3.8, 4) is 0 Å². The Balaban J connectivity index is 2.11. The number of benzene rings is 2. The molecular weight excluding hydrogens is 326 g/mol. The molecule has 2 rings (SSSR count). The summed E-state index contributed by atoms with van der Waals surface area (Å²) in [6, 6.07) is 11.7. The maximum atomic E-state index is 12.3. The Labute approximate surface area is 142 Å². The third kappa shape index (κ3) is 4.66. The molecule has 2 aromatic rings. The van der Waals surface area contributed by atoms with Crippen molar-refractivity contribution in [3.05, 3.63) is 59.2 Å². The number of carbonyl (C=O) groups is 1. The van der Waals surface area contributed by atoms with E-state index in [4.69, 9.17) is 4.55 Å². The molecule has 0 spiro atoms. The maximum absolute atomic E-state index is 12.3. The fourth-order valence-electron chi connectivity index (χ4n) is 2.42. The smallest absolute Gasteiger partial charge is 0.294 e. The molecule has 2 aromatic carbocycles. The monoisotopic (exact) mass is 347 g/mol. The van der Waals surface area contributed by atoms with Gasteiger partial charge < -0.3 is 5.32 Å². The van der Waals surface area contributed by atoms with Gasteiger partial charge in [-0.1, -0.05) is 25.5 Å². The largest absolute Gasteiger partial charge is 0.322 e. The molecule has 2 N–H and O–H groups in total. The van der Waals surface area contributed by atoms with Crippen LogP contribution in [-0.2, 0) is 16.5 Å². The minimum atomic E-state index is -4.26. The van der Waals surface area contributed by atoms with Crippen molar-refractivity contribution >= 4 is 21.7 Å². The number of rotatable bonds is 6. The minimum absolute atomic E-state index is 0.166. The second kappa shape index (κ2) is 7.59. The summed E-state index contributed by atoms with van der Waals surface area (Å²) in [4.78, 5) is 12.1. The number of hydrogen-bond donors (Lipinski definition) is 2. The summed E-state index contributed by atoms with van der Waals surface area (Å²) < 4.78 is 31.5. The van der Waals surface area contributed by atoms with E-state index in [0.717, 1.165) is 19.3 Å². The number of hydrogen-bond acceptors (Lipinski definition) is 3. The van der Waals surface area contributed by atoms with E-state index in [1.807, 2.05) is 12.1 Å². The van der Waals surface area contributed by atoms with Crippen LogP contribution in [0.25, 0.3) is 0 Å². The molecule has 0 heterocycles. The van der Waals surface area contributed by atoms with Crippen LogP contribution in [0.15, 0.2) is 47.4 Å². The van der Waals surface area contributed by atoms with Gasteiger partial charge in [-0.2, -0.15) is 8.42 Å². The van der Waals surface area contributed by atoms with Crippen LogP contribution in [0, 0.1) is 6.92 Å². The predicted octanol–water partition coefficient (Wildman–Crippen LogP) is 3.84. The van der Waals surface area contributed by atoms with Gasteiger partial charge in [0, 0.05) is 11.3 Å². The van der Waals surface area contributed by atoms with Gasteiger partial charge in [0.25, 0.3) is 16.0 Å². The molecule has 0 aliphatic heterocycles. The second-order valence-electron chi connectivity index (χ2n) is 5.71. The molecule has 24 heavy (non-hydrogen) atoms. The van der Waals surface area contributed by atoms with E-state index in [0.29, 0.717) is 16.8 Å². The molecular formula is C18H21NO4S. The molecule has 128 valence electrons. The van der Waals surface area contributed by atoms with Crippen LogP contribution in [0.3, 0.4) is 0 Å². The van der Waals surface area contributed by atoms with E-state index in [9.17, 15) is 13.2 Å². The SMILES string of the molecule is CCCCc1ccc(C(=O)Nc2ccc(S(=O)(=O)O)c(C)c2)cc1. The second-order valence-corrected chi connectivity index (χ2v) is 7.10. The van der Waals surface area contributed by atoms with Crippen molar-refractivity contribution in [3.63, 3.8) is 0 Å². The Morgan fingerprint density at radius 3 is 2.33 bits per heavy atom. The van der Waals surface area contributed by atoms with E-state index < -0.39 is 10.1 Å². The van der Waals surface area contributed by atoms with Crippen molar-refractivity contribution in [2.24, 2.45) is 0 Å². The average Bonchev–Trinajstić information content (AvgIpc) is 2.52. The summed E-state index contributed by atoms with van der Waals surface area (Å²) in [6.07, 6.45) is 3.24. The first-order valence-corrected chi connectivity index (χ1v) is 9.23. The van der Waals surface area contributed by atoms with Crippen LogP contribution < -0.4 is 5.32 Å². The summed E-state index contributed by atoms with van der Waals surface area (Å²) in [6.45, 7) is 3.69. The Morgan fingerprint density at radius 1 is 1.12 bits per heavy atom. The Hall–Kier alpha value is -2.18. The third-order valence-electron chi connectivity index (χ3n) is 3.75. The maximum Gasteiger partial charge on any atom is 0.294 e. The van der Waals surface area contributed by atoms with Crippen LogP contribution in [0.2, 0.25) is 0 Å². The number of aryl methyl sites for hydroxylation is 2. The lowest BCUT2D eigenvalue weighted by Gasteiger charge is -2.09. The van der Waals surface area contributed by atoms with E-state index in [1.165, 1.54) is 23.8 Å². The van der Waals surface area contributed by atoms with Gasteiger partial charge in [-0.05, 0) is 61.2 Å². The summed E-state index contributed by atoms with van der Waals surface area (Å²) in [7, 11) is -4.26. The molecule has 0 saturated carbocycles. The van der Waals surface area contributed by atoms with Crippen LogP contribution in [-0.4, -0.2) is 18.9 Å². The first-order chi connectivity index (χ1) is 11.3. The van der Waals surface area contributed by atoms with Crippen LogP contribution >= 0.6 is 0 Å². The van der Waals surface area contributed by atoms with Crippen LogP contribution in [0.1, 0.15) is 41.3 Å². The number of unbranched alkanes of at least 4 members (excludes halogenated alkanes) is 1. The minimum Gasteiger partial charge on any atom is -0.322 e. The zero-order chi connectivity index (χ0) is 17.7. The Bertz CT molecular complexity index is 827. The van der Waals surface area contributed by atoms with Gasteiger partial charge in [-0.3, -0.25) is 9.35 Å². The highest BCUT2D eigenvalue weighted by Crippen LogP contribution is 2.20. The van der Waals surface area contributed by atoms with Gasteiger partial charge in [0.2, 0.25) is 0 Å². The lowest BCUT2D eigenvalue weighted by atomic mass is 10.1. The van der Waals surface area contributed by atoms with Crippen molar-refractivity contribution < 1.29 is 17.8 Å². The molecule has 0 unspecified atom stereocenters. The predicted molar refractivity (Wildman–Crippen MR) is 94.0 cm³/mol. The molecule has 0 aromatic heterocycles. The van der Waals surface area contributed by atoms with Gasteiger partial charge in [-0.15, -0.1) is 0 Å². The van der Waals surface area contributed by atoms with Gasteiger partial charge in [-0.25, -0.2) is 0 Å². The number of nitrogens with one attached hydrogen (secondary N) is 1. The summed E-state index contributed by atoms with van der Waals surface area (Å²) in [5, 5.41) is 2.72. The number of amides is 1. The molecule has 1 amide bonds. The van der Waals surface area contributed by atoms with E-state index >= 15 is 0 Å². The molecule has 6 heteroatoms. The van der Waals surface area contributed by atoms with Crippen molar-refractivity contribution in [1.29, 1.82) is 0 Å². The quantitative estimate of drug-likeness (QED) is 0.778. The standard InChI is InChI=1S/C18H21NO4S/c1-3-4-5-14-6-8-15(9-7-14)18(20)19-16-10-11-17(13(2)12-16)24(21,22)23/h6-12H,3-5H2,1-2H3,(H,19,20)(H,21,22,23). The Morgan fingerprint density at radius 2 is 1.79 bits per heavy atom. The molecule has 0 radical (unpaired) electrons. The average molecular weight is 347 g/mol. The van der Waals surface area contributed by atoms with E-state index in [1.54, 1.807) is 19.1 Å². The Kier molecular flexibility index (Phi) is 5.75. The zero-order valence-electron chi connectivity index (χ0n) is 13.7. The van der Waals surface area contributed by atoms with Crippen molar-refractivity contribution in [2.75, 3.05) is 5.32 Å². The highest BCUT2D eigenvalue weighted by molar-refractivity contribution is 7.85. The molecule has 0 atom stereocenters. The summed E-state index contributed by atoms with van der Waals surface area (Å²) >= 11 is 0. The first-order valence-electron chi connectivity index (χ1n) is 7.79. The van der Waals surface area contributed by atoms with Crippen LogP contribution in [0.4, 0.5) is 5.69 Å². The zero-order valence-corrected chi connectivity index (χ0v) is 14.6. The van der Waals surface area contributed by atoms with Gasteiger partial charge in [0.15, 0.2) is 0 Å². The first kappa shape index (κ1) is 18.2. The lowest BCUT2D eigenvalue weighted by Crippen LogP contribution is -2.12.